The predicted octanol–water partition coefficient (Wildman–Crippen LogP) is 1.30. The number of aromatic nitrogens is 4. The van der Waals surface area contributed by atoms with Gasteiger partial charge in [-0.2, -0.15) is 10.2 Å². The summed E-state index contributed by atoms with van der Waals surface area (Å²) in [5, 5.41) is 18.4. The van der Waals surface area contributed by atoms with Crippen molar-refractivity contribution >= 4 is 0 Å². The summed E-state index contributed by atoms with van der Waals surface area (Å²) in [5.74, 6) is 0. The number of aliphatic hydroxyl groups is 1. The maximum Gasteiger partial charge on any atom is 0.0861 e. The molecule has 1 unspecified atom stereocenters. The Morgan fingerprint density at radius 2 is 2.12 bits per heavy atom. The molecule has 0 radical (unpaired) electrons. The molecule has 92 valence electrons. The molecule has 0 fully saturated rings. The van der Waals surface area contributed by atoms with Gasteiger partial charge in [0.1, 0.15) is 0 Å². The fraction of sp³-hybridized carbons (Fsp3) is 0.500. The van der Waals surface area contributed by atoms with Crippen molar-refractivity contribution in [3.63, 3.8) is 0 Å². The number of aliphatic hydroxyl groups excluding tert-OH is 1. The topological polar surface area (TPSA) is 55.9 Å². The van der Waals surface area contributed by atoms with E-state index in [2.05, 4.69) is 17.1 Å². The molecule has 5 heteroatoms. The molecule has 0 saturated heterocycles. The molecule has 2 aromatic rings. The van der Waals surface area contributed by atoms with Gasteiger partial charge in [0, 0.05) is 38.0 Å². The fourth-order valence-corrected chi connectivity index (χ4v) is 1.82. The minimum absolute atomic E-state index is 0.509. The quantitative estimate of drug-likeness (QED) is 0.848. The first-order valence-electron chi connectivity index (χ1n) is 5.87. The van der Waals surface area contributed by atoms with Gasteiger partial charge in [-0.25, -0.2) is 0 Å². The predicted molar refractivity (Wildman–Crippen MR) is 64.4 cm³/mol. The van der Waals surface area contributed by atoms with Gasteiger partial charge in [0.05, 0.1) is 18.5 Å². The molecule has 0 amide bonds. The van der Waals surface area contributed by atoms with E-state index in [-0.39, 0.29) is 0 Å². The smallest absolute Gasteiger partial charge is 0.0861 e. The van der Waals surface area contributed by atoms with E-state index in [1.54, 1.807) is 17.1 Å². The van der Waals surface area contributed by atoms with Crippen LogP contribution in [-0.4, -0.2) is 24.7 Å². The van der Waals surface area contributed by atoms with Crippen molar-refractivity contribution in [2.45, 2.75) is 32.4 Å². The van der Waals surface area contributed by atoms with Crippen molar-refractivity contribution in [3.8, 4) is 0 Å². The Balaban J connectivity index is 2.01. The average Bonchev–Trinajstić information content (AvgIpc) is 2.88. The molecule has 1 atom stereocenters. The lowest BCUT2D eigenvalue weighted by molar-refractivity contribution is 0.178. The standard InChI is InChI=1S/C12H18N4O/c1-3-4-16-9-11(7-14-16)12(17)5-10-6-13-15(2)8-10/h6-9,12,17H,3-5H2,1-2H3. The van der Waals surface area contributed by atoms with E-state index in [1.807, 2.05) is 24.1 Å². The maximum absolute atomic E-state index is 10.1. The Hall–Kier alpha value is -1.62. The van der Waals surface area contributed by atoms with E-state index in [0.717, 1.165) is 24.1 Å². The second kappa shape index (κ2) is 5.14. The SMILES string of the molecule is CCCn1cc(C(O)Cc2cnn(C)c2)cn1. The van der Waals surface area contributed by atoms with Gasteiger partial charge >= 0.3 is 0 Å². The van der Waals surface area contributed by atoms with Crippen molar-refractivity contribution in [2.75, 3.05) is 0 Å². The van der Waals surface area contributed by atoms with Crippen LogP contribution in [0.25, 0.3) is 0 Å². The first-order chi connectivity index (χ1) is 8.19. The van der Waals surface area contributed by atoms with Crippen molar-refractivity contribution in [2.24, 2.45) is 7.05 Å². The van der Waals surface area contributed by atoms with Gasteiger partial charge < -0.3 is 5.11 Å². The highest BCUT2D eigenvalue weighted by atomic mass is 16.3. The summed E-state index contributed by atoms with van der Waals surface area (Å²) in [6, 6.07) is 0. The van der Waals surface area contributed by atoms with Gasteiger partial charge in [0.25, 0.3) is 0 Å². The lowest BCUT2D eigenvalue weighted by Crippen LogP contribution is -2.00. The van der Waals surface area contributed by atoms with Crippen LogP contribution in [0.15, 0.2) is 24.8 Å². The molecule has 17 heavy (non-hydrogen) atoms. The largest absolute Gasteiger partial charge is 0.388 e. The number of hydrogen-bond acceptors (Lipinski definition) is 3. The van der Waals surface area contributed by atoms with Gasteiger partial charge in [0.2, 0.25) is 0 Å². The van der Waals surface area contributed by atoms with Gasteiger partial charge in [-0.15, -0.1) is 0 Å². The summed E-state index contributed by atoms with van der Waals surface area (Å²) in [5.41, 5.74) is 1.89. The Bertz CT molecular complexity index is 474. The second-order valence-electron chi connectivity index (χ2n) is 4.28. The van der Waals surface area contributed by atoms with Gasteiger partial charge in [-0.3, -0.25) is 9.36 Å². The minimum Gasteiger partial charge on any atom is -0.388 e. The summed E-state index contributed by atoms with van der Waals surface area (Å²) in [4.78, 5) is 0. The zero-order chi connectivity index (χ0) is 12.3. The molecule has 2 aromatic heterocycles. The van der Waals surface area contributed by atoms with Crippen molar-refractivity contribution in [1.29, 1.82) is 0 Å². The highest BCUT2D eigenvalue weighted by molar-refractivity contribution is 5.14. The molecule has 0 aromatic carbocycles. The van der Waals surface area contributed by atoms with Gasteiger partial charge in [-0.1, -0.05) is 6.92 Å². The highest BCUT2D eigenvalue weighted by Crippen LogP contribution is 2.17. The average molecular weight is 234 g/mol. The Morgan fingerprint density at radius 1 is 1.29 bits per heavy atom. The number of rotatable bonds is 5. The summed E-state index contributed by atoms with van der Waals surface area (Å²) in [6.07, 6.45) is 8.44. The molecule has 5 nitrogen and oxygen atoms in total. The number of hydrogen-bond donors (Lipinski definition) is 1. The van der Waals surface area contributed by atoms with Crippen LogP contribution < -0.4 is 0 Å². The van der Waals surface area contributed by atoms with Crippen molar-refractivity contribution in [1.82, 2.24) is 19.6 Å². The molecule has 1 N–H and O–H groups in total. The first-order valence-corrected chi connectivity index (χ1v) is 5.87. The summed E-state index contributed by atoms with van der Waals surface area (Å²) in [6.45, 7) is 2.99. The third kappa shape index (κ3) is 2.94. The zero-order valence-corrected chi connectivity index (χ0v) is 10.2. The van der Waals surface area contributed by atoms with Crippen LogP contribution >= 0.6 is 0 Å². The minimum atomic E-state index is -0.509. The molecule has 0 aliphatic heterocycles. The van der Waals surface area contributed by atoms with E-state index in [4.69, 9.17) is 0 Å². The van der Waals surface area contributed by atoms with Crippen molar-refractivity contribution < 1.29 is 5.11 Å². The van der Waals surface area contributed by atoms with Crippen LogP contribution in [0.3, 0.4) is 0 Å². The molecule has 0 spiro atoms. The fourth-order valence-electron chi connectivity index (χ4n) is 1.82. The molecule has 0 bridgehead atoms. The normalized spacial score (nSPS) is 12.9. The van der Waals surface area contributed by atoms with E-state index < -0.39 is 6.10 Å². The van der Waals surface area contributed by atoms with Crippen LogP contribution in [0, 0.1) is 0 Å². The third-order valence-corrected chi connectivity index (χ3v) is 2.68. The number of aryl methyl sites for hydroxylation is 2. The first kappa shape index (κ1) is 11.9. The maximum atomic E-state index is 10.1. The lowest BCUT2D eigenvalue weighted by atomic mass is 10.1. The van der Waals surface area contributed by atoms with Crippen LogP contribution in [-0.2, 0) is 20.0 Å². The molecular weight excluding hydrogens is 216 g/mol. The van der Waals surface area contributed by atoms with Crippen LogP contribution in [0.1, 0.15) is 30.6 Å². The molecule has 2 heterocycles. The van der Waals surface area contributed by atoms with Crippen LogP contribution in [0.2, 0.25) is 0 Å². The summed E-state index contributed by atoms with van der Waals surface area (Å²) >= 11 is 0. The molecular formula is C12H18N4O. The van der Waals surface area contributed by atoms with E-state index in [0.29, 0.717) is 6.42 Å². The summed E-state index contributed by atoms with van der Waals surface area (Å²) < 4.78 is 3.60. The van der Waals surface area contributed by atoms with Gasteiger partial charge in [0.15, 0.2) is 0 Å². The molecule has 0 aliphatic carbocycles. The Kier molecular flexibility index (Phi) is 3.58. The molecule has 0 saturated carbocycles. The Morgan fingerprint density at radius 3 is 2.76 bits per heavy atom. The highest BCUT2D eigenvalue weighted by Gasteiger charge is 2.11. The monoisotopic (exact) mass is 234 g/mol. The van der Waals surface area contributed by atoms with E-state index in [9.17, 15) is 5.11 Å². The number of nitrogens with zero attached hydrogens (tertiary/aromatic N) is 4. The molecule has 0 aliphatic rings. The van der Waals surface area contributed by atoms with E-state index >= 15 is 0 Å². The van der Waals surface area contributed by atoms with Crippen molar-refractivity contribution in [3.05, 3.63) is 35.9 Å². The van der Waals surface area contributed by atoms with Gasteiger partial charge in [-0.05, 0) is 12.0 Å². The lowest BCUT2D eigenvalue weighted by Gasteiger charge is -2.05. The Labute approximate surface area is 101 Å². The van der Waals surface area contributed by atoms with Crippen LogP contribution in [0.5, 0.6) is 0 Å². The van der Waals surface area contributed by atoms with Crippen LogP contribution in [0.4, 0.5) is 0 Å². The molecule has 2 rings (SSSR count). The summed E-state index contributed by atoms with van der Waals surface area (Å²) in [7, 11) is 1.87. The second-order valence-corrected chi connectivity index (χ2v) is 4.28. The third-order valence-electron chi connectivity index (χ3n) is 2.68. The van der Waals surface area contributed by atoms with E-state index in [1.165, 1.54) is 0 Å². The zero-order valence-electron chi connectivity index (χ0n) is 10.2.